The Bertz CT molecular complexity index is 791. The molecule has 3 rings (SSSR count). The molecule has 1 aromatic heterocycles. The van der Waals surface area contributed by atoms with Crippen molar-refractivity contribution in [3.63, 3.8) is 0 Å². The Morgan fingerprint density at radius 1 is 1.10 bits per heavy atom. The van der Waals surface area contributed by atoms with E-state index in [0.717, 1.165) is 56.7 Å². The second-order valence-corrected chi connectivity index (χ2v) is 7.88. The molecule has 0 amide bonds. The predicted molar refractivity (Wildman–Crippen MR) is 135 cm³/mol. The lowest BCUT2D eigenvalue weighted by molar-refractivity contribution is 0.122. The lowest BCUT2D eigenvalue weighted by atomic mass is 9.85. The molecule has 1 aromatic carbocycles. The molecule has 0 spiro atoms. The van der Waals surface area contributed by atoms with Crippen LogP contribution >= 0.6 is 24.0 Å². The Labute approximate surface area is 197 Å². The third-order valence-corrected chi connectivity index (χ3v) is 5.18. The maximum atomic E-state index is 5.47. The van der Waals surface area contributed by atoms with Crippen molar-refractivity contribution < 1.29 is 4.74 Å². The number of hydrogen-bond acceptors (Lipinski definition) is 4. The smallest absolute Gasteiger partial charge is 0.191 e. The van der Waals surface area contributed by atoms with Gasteiger partial charge in [0.05, 0.1) is 19.8 Å². The van der Waals surface area contributed by atoms with Crippen LogP contribution in [0, 0.1) is 0 Å². The molecule has 6 nitrogen and oxygen atoms in total. The number of rotatable bonds is 7. The minimum Gasteiger partial charge on any atom is -0.378 e. The van der Waals surface area contributed by atoms with Gasteiger partial charge in [-0.1, -0.05) is 50.2 Å². The van der Waals surface area contributed by atoms with Crippen molar-refractivity contribution >= 4 is 35.8 Å². The zero-order valence-electron chi connectivity index (χ0n) is 18.2. The summed E-state index contributed by atoms with van der Waals surface area (Å²) in [5.74, 6) is 1.84. The van der Waals surface area contributed by atoms with Gasteiger partial charge in [0, 0.05) is 43.4 Å². The lowest BCUT2D eigenvalue weighted by Crippen LogP contribution is -2.43. The zero-order chi connectivity index (χ0) is 20.5. The summed E-state index contributed by atoms with van der Waals surface area (Å²) in [6.45, 7) is 12.0. The van der Waals surface area contributed by atoms with Gasteiger partial charge in [0.2, 0.25) is 0 Å². The number of anilines is 1. The summed E-state index contributed by atoms with van der Waals surface area (Å²) in [5, 5.41) is 6.87. The van der Waals surface area contributed by atoms with E-state index in [9.17, 15) is 0 Å². The van der Waals surface area contributed by atoms with Gasteiger partial charge < -0.3 is 20.3 Å². The Morgan fingerprint density at radius 2 is 1.83 bits per heavy atom. The van der Waals surface area contributed by atoms with E-state index >= 15 is 0 Å². The van der Waals surface area contributed by atoms with Crippen LogP contribution in [-0.2, 0) is 16.7 Å². The van der Waals surface area contributed by atoms with E-state index in [1.807, 2.05) is 12.3 Å². The molecule has 0 unspecified atom stereocenters. The molecule has 30 heavy (non-hydrogen) atoms. The average molecular weight is 523 g/mol. The molecular formula is C23H34IN5O. The molecule has 2 N–H and O–H groups in total. The standard InChI is InChI=1S/C23H33N5O.HI/c1-4-24-22(27-18-23(2,3)20-10-6-5-7-11-20)26-17-19-9-8-12-25-21(19)28-13-15-29-16-14-28;/h5-12H,4,13-18H2,1-3H3,(H2,24,26,27);1H. The first-order valence-corrected chi connectivity index (χ1v) is 10.4. The topological polar surface area (TPSA) is 61.8 Å². The van der Waals surface area contributed by atoms with Gasteiger partial charge in [-0.25, -0.2) is 9.98 Å². The summed E-state index contributed by atoms with van der Waals surface area (Å²) in [5.41, 5.74) is 2.45. The number of nitrogens with one attached hydrogen (secondary N) is 2. The molecule has 164 valence electrons. The summed E-state index contributed by atoms with van der Waals surface area (Å²) in [6, 6.07) is 14.7. The molecule has 0 radical (unpaired) electrons. The lowest BCUT2D eigenvalue weighted by Gasteiger charge is -2.29. The number of hydrogen-bond donors (Lipinski definition) is 2. The van der Waals surface area contributed by atoms with Gasteiger partial charge in [0.25, 0.3) is 0 Å². The normalized spacial score (nSPS) is 14.8. The number of nitrogens with zero attached hydrogens (tertiary/aromatic N) is 3. The molecule has 0 atom stereocenters. The maximum absolute atomic E-state index is 5.47. The molecule has 1 aliphatic heterocycles. The first-order chi connectivity index (χ1) is 14.1. The summed E-state index contributed by atoms with van der Waals surface area (Å²) in [6.07, 6.45) is 1.85. The van der Waals surface area contributed by atoms with E-state index in [0.29, 0.717) is 6.54 Å². The fourth-order valence-electron chi connectivity index (χ4n) is 3.42. The van der Waals surface area contributed by atoms with Crippen molar-refractivity contribution in [1.29, 1.82) is 0 Å². The molecule has 0 aliphatic carbocycles. The van der Waals surface area contributed by atoms with Gasteiger partial charge in [0.1, 0.15) is 5.82 Å². The number of halogens is 1. The third-order valence-electron chi connectivity index (χ3n) is 5.18. The number of aliphatic imine (C=N–C) groups is 1. The fraction of sp³-hybridized carbons (Fsp3) is 0.478. The van der Waals surface area contributed by atoms with E-state index in [4.69, 9.17) is 9.73 Å². The highest BCUT2D eigenvalue weighted by atomic mass is 127. The Hall–Kier alpha value is -1.87. The Kier molecular flexibility index (Phi) is 9.84. The average Bonchev–Trinajstić information content (AvgIpc) is 2.77. The minimum atomic E-state index is 0. The number of aromatic nitrogens is 1. The van der Waals surface area contributed by atoms with E-state index in [2.05, 4.69) is 77.7 Å². The SMILES string of the molecule is CCNC(=NCc1cccnc1N1CCOCC1)NCC(C)(C)c1ccccc1.I. The highest BCUT2D eigenvalue weighted by Crippen LogP contribution is 2.22. The predicted octanol–water partition coefficient (Wildman–Crippen LogP) is 3.57. The van der Waals surface area contributed by atoms with Gasteiger partial charge in [-0.3, -0.25) is 0 Å². The van der Waals surface area contributed by atoms with Crippen molar-refractivity contribution in [2.45, 2.75) is 32.7 Å². The minimum absolute atomic E-state index is 0. The monoisotopic (exact) mass is 523 g/mol. The van der Waals surface area contributed by atoms with Crippen molar-refractivity contribution in [3.8, 4) is 0 Å². The van der Waals surface area contributed by atoms with E-state index in [1.54, 1.807) is 0 Å². The van der Waals surface area contributed by atoms with Gasteiger partial charge in [-0.05, 0) is 18.6 Å². The number of guanidine groups is 1. The number of benzene rings is 1. The Morgan fingerprint density at radius 3 is 2.53 bits per heavy atom. The van der Waals surface area contributed by atoms with Crippen LogP contribution in [0.15, 0.2) is 53.7 Å². The molecular weight excluding hydrogens is 489 g/mol. The summed E-state index contributed by atoms with van der Waals surface area (Å²) < 4.78 is 5.47. The fourth-order valence-corrected chi connectivity index (χ4v) is 3.42. The molecule has 0 bridgehead atoms. The number of pyridine rings is 1. The quantitative estimate of drug-likeness (QED) is 0.330. The van der Waals surface area contributed by atoms with Crippen LogP contribution < -0.4 is 15.5 Å². The van der Waals surface area contributed by atoms with Crippen LogP contribution in [0.1, 0.15) is 31.9 Å². The maximum Gasteiger partial charge on any atom is 0.191 e. The summed E-state index contributed by atoms with van der Waals surface area (Å²) in [7, 11) is 0. The Balaban J connectivity index is 0.00000320. The van der Waals surface area contributed by atoms with Crippen molar-refractivity contribution in [3.05, 3.63) is 59.8 Å². The van der Waals surface area contributed by atoms with Crippen LogP contribution in [0.2, 0.25) is 0 Å². The third kappa shape index (κ3) is 6.84. The molecule has 1 saturated heterocycles. The highest BCUT2D eigenvalue weighted by molar-refractivity contribution is 14.0. The van der Waals surface area contributed by atoms with Gasteiger partial charge in [-0.15, -0.1) is 24.0 Å². The highest BCUT2D eigenvalue weighted by Gasteiger charge is 2.21. The molecule has 2 heterocycles. The number of ether oxygens (including phenoxy) is 1. The summed E-state index contributed by atoms with van der Waals surface area (Å²) in [4.78, 5) is 11.7. The van der Waals surface area contributed by atoms with E-state index < -0.39 is 0 Å². The van der Waals surface area contributed by atoms with Crippen molar-refractivity contribution in [1.82, 2.24) is 15.6 Å². The number of morpholine rings is 1. The molecule has 2 aromatic rings. The van der Waals surface area contributed by atoms with E-state index in [-0.39, 0.29) is 29.4 Å². The largest absolute Gasteiger partial charge is 0.378 e. The van der Waals surface area contributed by atoms with Crippen LogP contribution in [0.25, 0.3) is 0 Å². The van der Waals surface area contributed by atoms with Crippen LogP contribution in [0.4, 0.5) is 5.82 Å². The molecule has 7 heteroatoms. The van der Waals surface area contributed by atoms with Gasteiger partial charge >= 0.3 is 0 Å². The van der Waals surface area contributed by atoms with Gasteiger partial charge in [0.15, 0.2) is 5.96 Å². The van der Waals surface area contributed by atoms with Crippen molar-refractivity contribution in [2.24, 2.45) is 4.99 Å². The first kappa shape index (κ1) is 24.4. The molecule has 1 fully saturated rings. The van der Waals surface area contributed by atoms with Crippen LogP contribution in [0.5, 0.6) is 0 Å². The molecule has 1 aliphatic rings. The summed E-state index contributed by atoms with van der Waals surface area (Å²) >= 11 is 0. The van der Waals surface area contributed by atoms with Crippen LogP contribution in [0.3, 0.4) is 0 Å². The van der Waals surface area contributed by atoms with Crippen LogP contribution in [-0.4, -0.2) is 50.3 Å². The van der Waals surface area contributed by atoms with Crippen molar-refractivity contribution in [2.75, 3.05) is 44.3 Å². The zero-order valence-corrected chi connectivity index (χ0v) is 20.6. The van der Waals surface area contributed by atoms with Gasteiger partial charge in [-0.2, -0.15) is 0 Å². The first-order valence-electron chi connectivity index (χ1n) is 10.4. The second kappa shape index (κ2) is 12.1. The molecule has 0 saturated carbocycles. The van der Waals surface area contributed by atoms with E-state index in [1.165, 1.54) is 5.56 Å². The second-order valence-electron chi connectivity index (χ2n) is 7.88.